The Hall–Kier alpha value is -3.03. The van der Waals surface area contributed by atoms with Crippen molar-refractivity contribution < 1.29 is 9.13 Å². The molecular weight excluding hydrogens is 459 g/mol. The molecule has 2 heterocycles. The molecule has 0 spiro atoms. The van der Waals surface area contributed by atoms with Crippen LogP contribution < -0.4 is 10.5 Å². The normalized spacial score (nSPS) is 11.5. The molecule has 4 aromatic rings. The molecule has 8 heteroatoms. The van der Waals surface area contributed by atoms with Gasteiger partial charge in [0.25, 0.3) is 0 Å². The Morgan fingerprint density at radius 2 is 1.85 bits per heavy atom. The minimum atomic E-state index is -0.445. The first kappa shape index (κ1) is 23.1. The van der Waals surface area contributed by atoms with Crippen LogP contribution >= 0.6 is 23.4 Å². The van der Waals surface area contributed by atoms with Crippen LogP contribution in [-0.4, -0.2) is 21.6 Å². The van der Waals surface area contributed by atoms with E-state index in [1.54, 1.807) is 37.2 Å². The highest BCUT2D eigenvalue weighted by Crippen LogP contribution is 2.39. The Labute approximate surface area is 201 Å². The number of ether oxygens (including phenoxy) is 1. The second kappa shape index (κ2) is 9.45. The number of nitrogens with two attached hydrogens (primary N) is 1. The molecule has 0 fully saturated rings. The number of aromatic nitrogens is 3. The molecule has 2 aromatic heterocycles. The quantitative estimate of drug-likeness (QED) is 0.314. The van der Waals surface area contributed by atoms with E-state index in [1.807, 2.05) is 36.5 Å². The Kier molecular flexibility index (Phi) is 6.63. The highest BCUT2D eigenvalue weighted by Gasteiger charge is 2.30. The highest BCUT2D eigenvalue weighted by atomic mass is 35.5. The van der Waals surface area contributed by atoms with Crippen molar-refractivity contribution in [2.45, 2.75) is 30.2 Å². The van der Waals surface area contributed by atoms with Crippen LogP contribution in [0.3, 0.4) is 0 Å². The van der Waals surface area contributed by atoms with Gasteiger partial charge in [0.1, 0.15) is 17.4 Å². The zero-order valence-electron chi connectivity index (χ0n) is 18.5. The lowest BCUT2D eigenvalue weighted by atomic mass is 9.81. The third kappa shape index (κ3) is 4.84. The van der Waals surface area contributed by atoms with Crippen LogP contribution in [-0.2, 0) is 11.2 Å². The summed E-state index contributed by atoms with van der Waals surface area (Å²) in [6, 6.07) is 16.0. The Morgan fingerprint density at radius 3 is 2.55 bits per heavy atom. The summed E-state index contributed by atoms with van der Waals surface area (Å²) in [6.07, 6.45) is 3.56. The van der Waals surface area contributed by atoms with Gasteiger partial charge in [0.15, 0.2) is 5.16 Å². The van der Waals surface area contributed by atoms with Crippen molar-refractivity contribution in [2.75, 3.05) is 12.8 Å². The fraction of sp³-hybridized carbons (Fsp3) is 0.200. The van der Waals surface area contributed by atoms with Crippen molar-refractivity contribution >= 4 is 29.2 Å². The third-order valence-corrected chi connectivity index (χ3v) is 6.88. The third-order valence-electron chi connectivity index (χ3n) is 5.54. The number of anilines is 1. The zero-order valence-corrected chi connectivity index (χ0v) is 20.1. The standard InChI is InChI=1S/C25H24ClFN4OS/c1-25(2,17-4-9-20(26)21(13-17)32-3)22-14-30-24(31(22)19-7-5-18(27)6-8-19)33-15-16-10-11-29-23(28)12-16/h4-14H,15H2,1-3H3,(H2,28,29). The molecule has 4 rings (SSSR count). The number of hydrogen-bond donors (Lipinski definition) is 1. The Bertz CT molecular complexity index is 1270. The van der Waals surface area contributed by atoms with E-state index in [2.05, 4.69) is 23.4 Å². The summed E-state index contributed by atoms with van der Waals surface area (Å²) >= 11 is 7.83. The number of nitrogens with zero attached hydrogens (tertiary/aromatic N) is 3. The van der Waals surface area contributed by atoms with Gasteiger partial charge in [-0.25, -0.2) is 14.4 Å². The minimum Gasteiger partial charge on any atom is -0.495 e. The molecule has 170 valence electrons. The van der Waals surface area contributed by atoms with Crippen molar-refractivity contribution in [3.63, 3.8) is 0 Å². The summed E-state index contributed by atoms with van der Waals surface area (Å²) in [4.78, 5) is 8.78. The van der Waals surface area contributed by atoms with Crippen LogP contribution in [0.5, 0.6) is 5.75 Å². The van der Waals surface area contributed by atoms with Gasteiger partial charge < -0.3 is 10.5 Å². The first-order valence-electron chi connectivity index (χ1n) is 10.3. The molecule has 5 nitrogen and oxygen atoms in total. The highest BCUT2D eigenvalue weighted by molar-refractivity contribution is 7.98. The van der Waals surface area contributed by atoms with Crippen molar-refractivity contribution in [1.29, 1.82) is 0 Å². The molecule has 2 aromatic carbocycles. The van der Waals surface area contributed by atoms with Gasteiger partial charge in [0, 0.05) is 23.1 Å². The van der Waals surface area contributed by atoms with Gasteiger partial charge in [-0.2, -0.15) is 0 Å². The maximum absolute atomic E-state index is 13.7. The maximum Gasteiger partial charge on any atom is 0.173 e. The number of rotatable bonds is 7. The number of pyridine rings is 1. The smallest absolute Gasteiger partial charge is 0.173 e. The number of halogens is 2. The molecule has 2 N–H and O–H groups in total. The molecule has 0 saturated carbocycles. The molecule has 0 radical (unpaired) electrons. The van der Waals surface area contributed by atoms with E-state index in [0.717, 1.165) is 27.7 Å². The molecule has 0 unspecified atom stereocenters. The summed E-state index contributed by atoms with van der Waals surface area (Å²) in [6.45, 7) is 4.23. The Morgan fingerprint density at radius 1 is 1.09 bits per heavy atom. The lowest BCUT2D eigenvalue weighted by molar-refractivity contribution is 0.413. The van der Waals surface area contributed by atoms with Gasteiger partial charge in [-0.05, 0) is 59.7 Å². The number of imidazole rings is 1. The molecule has 0 amide bonds. The van der Waals surface area contributed by atoms with Crippen LogP contribution in [0.4, 0.5) is 10.2 Å². The van der Waals surface area contributed by atoms with E-state index < -0.39 is 5.41 Å². The number of hydrogen-bond acceptors (Lipinski definition) is 5. The molecule has 0 bridgehead atoms. The fourth-order valence-electron chi connectivity index (χ4n) is 3.65. The van der Waals surface area contributed by atoms with Crippen molar-refractivity contribution in [2.24, 2.45) is 0 Å². The largest absolute Gasteiger partial charge is 0.495 e. The van der Waals surface area contributed by atoms with Crippen LogP contribution in [0.1, 0.15) is 30.7 Å². The minimum absolute atomic E-state index is 0.288. The zero-order chi connectivity index (χ0) is 23.6. The molecule has 33 heavy (non-hydrogen) atoms. The molecule has 0 aliphatic heterocycles. The summed E-state index contributed by atoms with van der Waals surface area (Å²) in [5.41, 5.74) is 9.23. The van der Waals surface area contributed by atoms with Crippen LogP contribution in [0.15, 0.2) is 72.1 Å². The van der Waals surface area contributed by atoms with Crippen LogP contribution in [0.25, 0.3) is 5.69 Å². The SMILES string of the molecule is COc1cc(C(C)(C)c2cnc(SCc3ccnc(N)c3)n2-c2ccc(F)cc2)ccc1Cl. The lowest BCUT2D eigenvalue weighted by Gasteiger charge is -2.28. The monoisotopic (exact) mass is 482 g/mol. The first-order valence-corrected chi connectivity index (χ1v) is 11.7. The lowest BCUT2D eigenvalue weighted by Crippen LogP contribution is -2.23. The van der Waals surface area contributed by atoms with E-state index in [9.17, 15) is 4.39 Å². The van der Waals surface area contributed by atoms with Crippen LogP contribution in [0.2, 0.25) is 5.02 Å². The van der Waals surface area contributed by atoms with Crippen molar-refractivity contribution in [3.05, 3.63) is 94.7 Å². The number of thioether (sulfide) groups is 1. The molecule has 0 saturated heterocycles. The van der Waals surface area contributed by atoms with Crippen LogP contribution in [0, 0.1) is 5.82 Å². The fourth-order valence-corrected chi connectivity index (χ4v) is 4.78. The molecular formula is C25H24ClFN4OS. The second-order valence-corrected chi connectivity index (χ2v) is 9.44. The van der Waals surface area contributed by atoms with E-state index in [4.69, 9.17) is 27.1 Å². The summed E-state index contributed by atoms with van der Waals surface area (Å²) in [5.74, 6) is 1.47. The molecule has 0 aliphatic carbocycles. The van der Waals surface area contributed by atoms with Gasteiger partial charge in [0.05, 0.1) is 24.0 Å². The topological polar surface area (TPSA) is 66.0 Å². The molecule has 0 aliphatic rings. The van der Waals surface area contributed by atoms with Gasteiger partial charge in [0.2, 0.25) is 0 Å². The number of nitrogen functional groups attached to an aromatic ring is 1. The summed E-state index contributed by atoms with van der Waals surface area (Å²) in [7, 11) is 1.60. The average Bonchev–Trinajstić information content (AvgIpc) is 3.23. The summed E-state index contributed by atoms with van der Waals surface area (Å²) in [5, 5.41) is 1.35. The van der Waals surface area contributed by atoms with E-state index in [0.29, 0.717) is 22.3 Å². The van der Waals surface area contributed by atoms with E-state index >= 15 is 0 Å². The van der Waals surface area contributed by atoms with E-state index in [-0.39, 0.29) is 5.82 Å². The van der Waals surface area contributed by atoms with Crippen molar-refractivity contribution in [3.8, 4) is 11.4 Å². The molecule has 0 atom stereocenters. The first-order chi connectivity index (χ1) is 15.8. The Balaban J connectivity index is 1.78. The summed E-state index contributed by atoms with van der Waals surface area (Å²) < 4.78 is 21.2. The van der Waals surface area contributed by atoms with Gasteiger partial charge >= 0.3 is 0 Å². The predicted molar refractivity (Wildman–Crippen MR) is 132 cm³/mol. The van der Waals surface area contributed by atoms with Gasteiger partial charge in [-0.15, -0.1) is 0 Å². The average molecular weight is 483 g/mol. The predicted octanol–water partition coefficient (Wildman–Crippen LogP) is 6.27. The number of methoxy groups -OCH3 is 1. The second-order valence-electron chi connectivity index (χ2n) is 8.09. The number of benzene rings is 2. The maximum atomic E-state index is 13.7. The van der Waals surface area contributed by atoms with Crippen molar-refractivity contribution in [1.82, 2.24) is 14.5 Å². The van der Waals surface area contributed by atoms with E-state index in [1.165, 1.54) is 12.1 Å². The van der Waals surface area contributed by atoms with Gasteiger partial charge in [-0.1, -0.05) is 43.3 Å². The van der Waals surface area contributed by atoms with Gasteiger partial charge in [-0.3, -0.25) is 4.57 Å².